The van der Waals surface area contributed by atoms with Gasteiger partial charge in [-0.2, -0.15) is 0 Å². The Morgan fingerprint density at radius 1 is 0.771 bits per heavy atom. The van der Waals surface area contributed by atoms with Gasteiger partial charge in [0, 0.05) is 12.5 Å². The van der Waals surface area contributed by atoms with Crippen molar-refractivity contribution < 1.29 is 9.47 Å². The van der Waals surface area contributed by atoms with Gasteiger partial charge in [-0.1, -0.05) is 67.4 Å². The number of hydrogen-bond donors (Lipinski definition) is 0. The van der Waals surface area contributed by atoms with Gasteiger partial charge in [-0.15, -0.1) is 0 Å². The molecule has 3 heteroatoms. The Morgan fingerprint density at radius 3 is 2.31 bits per heavy atom. The predicted octanol–water partition coefficient (Wildman–Crippen LogP) is 7.26. The fourth-order valence-electron chi connectivity index (χ4n) is 5.90. The number of likely N-dealkylation sites (tertiary alicyclic amines) is 1. The van der Waals surface area contributed by atoms with E-state index in [1.165, 1.54) is 77.4 Å². The molecule has 0 radical (unpaired) electrons. The van der Waals surface area contributed by atoms with Crippen molar-refractivity contribution in [3.05, 3.63) is 95.6 Å². The van der Waals surface area contributed by atoms with E-state index in [0.29, 0.717) is 0 Å². The van der Waals surface area contributed by atoms with E-state index in [1.807, 2.05) is 0 Å². The molecule has 1 heterocycles. The molecular weight excluding hydrogens is 430 g/mol. The molecule has 6 rings (SSSR count). The Labute approximate surface area is 208 Å². The molecule has 4 aromatic carbocycles. The lowest BCUT2D eigenvalue weighted by Gasteiger charge is -2.20. The van der Waals surface area contributed by atoms with E-state index >= 15 is 0 Å². The molecule has 1 aliphatic heterocycles. The molecule has 3 nitrogen and oxygen atoms in total. The zero-order valence-electron chi connectivity index (χ0n) is 20.5. The fourth-order valence-corrected chi connectivity index (χ4v) is 5.90. The van der Waals surface area contributed by atoms with Crippen molar-refractivity contribution in [2.45, 2.75) is 31.6 Å². The molecule has 0 aromatic heterocycles. The van der Waals surface area contributed by atoms with E-state index < -0.39 is 0 Å². The maximum atomic E-state index is 6.15. The minimum atomic E-state index is 0.173. The Bertz CT molecular complexity index is 1320. The first-order valence-corrected chi connectivity index (χ1v) is 13.0. The van der Waals surface area contributed by atoms with E-state index in [-0.39, 0.29) is 5.92 Å². The minimum absolute atomic E-state index is 0.173. The summed E-state index contributed by atoms with van der Waals surface area (Å²) in [5.41, 5.74) is 6.61. The first-order valence-electron chi connectivity index (χ1n) is 13.0. The topological polar surface area (TPSA) is 21.7 Å². The second kappa shape index (κ2) is 9.75. The van der Waals surface area contributed by atoms with Crippen LogP contribution in [0, 0.1) is 0 Å². The van der Waals surface area contributed by atoms with Gasteiger partial charge in [0.25, 0.3) is 0 Å². The van der Waals surface area contributed by atoms with Crippen LogP contribution in [-0.2, 0) is 0 Å². The number of ether oxygens (including phenoxy) is 2. The Kier molecular flexibility index (Phi) is 6.18. The zero-order valence-corrected chi connectivity index (χ0v) is 20.5. The lowest BCUT2D eigenvalue weighted by Crippen LogP contribution is -2.29. The normalized spacial score (nSPS) is 17.6. The van der Waals surface area contributed by atoms with Crippen molar-refractivity contribution in [2.75, 3.05) is 33.4 Å². The molecule has 35 heavy (non-hydrogen) atoms. The highest BCUT2D eigenvalue weighted by Crippen LogP contribution is 2.51. The monoisotopic (exact) mass is 463 g/mol. The minimum Gasteiger partial charge on any atom is -0.497 e. The lowest BCUT2D eigenvalue weighted by molar-refractivity contribution is 0.214. The molecule has 0 saturated carbocycles. The third kappa shape index (κ3) is 4.30. The molecule has 178 valence electrons. The van der Waals surface area contributed by atoms with Crippen molar-refractivity contribution in [3.63, 3.8) is 0 Å². The van der Waals surface area contributed by atoms with Crippen LogP contribution < -0.4 is 9.47 Å². The SMILES string of the molecule is COc1ccc2c(c1)C(c1ccc(OCCN3CCCCCC3)cc1)c1c-2ccc2ccccc12. The summed E-state index contributed by atoms with van der Waals surface area (Å²) in [6.45, 7) is 4.17. The number of methoxy groups -OCH3 is 1. The van der Waals surface area contributed by atoms with Gasteiger partial charge in [-0.3, -0.25) is 4.90 Å². The summed E-state index contributed by atoms with van der Waals surface area (Å²) in [5.74, 6) is 2.03. The first kappa shape index (κ1) is 22.2. The third-order valence-electron chi connectivity index (χ3n) is 7.71. The average Bonchev–Trinajstić information content (AvgIpc) is 3.03. The van der Waals surface area contributed by atoms with E-state index in [1.54, 1.807) is 7.11 Å². The number of rotatable bonds is 6. The van der Waals surface area contributed by atoms with Gasteiger partial charge in [0.2, 0.25) is 0 Å². The van der Waals surface area contributed by atoms with Crippen LogP contribution >= 0.6 is 0 Å². The highest BCUT2D eigenvalue weighted by molar-refractivity contribution is 5.97. The van der Waals surface area contributed by atoms with E-state index in [9.17, 15) is 0 Å². The standard InChI is InChI=1S/C32H33NO2/c1-34-26-15-17-28-29-16-12-23-8-4-5-9-27(23)32(29)31(30(28)22-26)24-10-13-25(14-11-24)35-21-20-33-18-6-2-3-7-19-33/h4-5,8-17,22,31H,2-3,6-7,18-21H2,1H3. The largest absolute Gasteiger partial charge is 0.497 e. The summed E-state index contributed by atoms with van der Waals surface area (Å²) in [5, 5.41) is 2.60. The van der Waals surface area contributed by atoms with Crippen LogP contribution in [0.2, 0.25) is 0 Å². The number of benzene rings is 4. The van der Waals surface area contributed by atoms with Crippen molar-refractivity contribution in [3.8, 4) is 22.6 Å². The second-order valence-electron chi connectivity index (χ2n) is 9.81. The van der Waals surface area contributed by atoms with Crippen LogP contribution in [0.4, 0.5) is 0 Å². The summed E-state index contributed by atoms with van der Waals surface area (Å²) in [6.07, 6.45) is 5.37. The van der Waals surface area contributed by atoms with Crippen LogP contribution in [-0.4, -0.2) is 38.3 Å². The molecule has 1 atom stereocenters. The third-order valence-corrected chi connectivity index (χ3v) is 7.71. The molecule has 1 aliphatic carbocycles. The molecule has 0 N–H and O–H groups in total. The summed E-state index contributed by atoms with van der Waals surface area (Å²) in [4.78, 5) is 2.55. The molecule has 0 spiro atoms. The average molecular weight is 464 g/mol. The van der Waals surface area contributed by atoms with Gasteiger partial charge in [0.15, 0.2) is 0 Å². The molecule has 0 bridgehead atoms. The zero-order chi connectivity index (χ0) is 23.6. The predicted molar refractivity (Wildman–Crippen MR) is 144 cm³/mol. The van der Waals surface area contributed by atoms with Gasteiger partial charge in [-0.25, -0.2) is 0 Å². The van der Waals surface area contributed by atoms with Gasteiger partial charge in [0.1, 0.15) is 18.1 Å². The van der Waals surface area contributed by atoms with Gasteiger partial charge in [-0.05, 0) is 88.8 Å². The van der Waals surface area contributed by atoms with Gasteiger partial charge < -0.3 is 9.47 Å². The molecule has 2 aliphatic rings. The van der Waals surface area contributed by atoms with Crippen molar-refractivity contribution in [1.82, 2.24) is 4.90 Å². The Morgan fingerprint density at radius 2 is 1.51 bits per heavy atom. The summed E-state index contributed by atoms with van der Waals surface area (Å²) >= 11 is 0. The van der Waals surface area contributed by atoms with Crippen molar-refractivity contribution >= 4 is 10.8 Å². The van der Waals surface area contributed by atoms with Gasteiger partial charge in [0.05, 0.1) is 7.11 Å². The fraction of sp³-hybridized carbons (Fsp3) is 0.312. The number of nitrogens with zero attached hydrogens (tertiary/aromatic N) is 1. The van der Waals surface area contributed by atoms with Crippen molar-refractivity contribution in [2.24, 2.45) is 0 Å². The second-order valence-corrected chi connectivity index (χ2v) is 9.81. The molecular formula is C32H33NO2. The molecule has 1 unspecified atom stereocenters. The summed E-state index contributed by atoms with van der Waals surface area (Å²) in [6, 6.07) is 28.5. The summed E-state index contributed by atoms with van der Waals surface area (Å²) in [7, 11) is 1.74. The molecule has 1 saturated heterocycles. The lowest BCUT2D eigenvalue weighted by atomic mass is 9.86. The maximum Gasteiger partial charge on any atom is 0.119 e. The first-order chi connectivity index (χ1) is 17.3. The molecule has 0 amide bonds. The smallest absolute Gasteiger partial charge is 0.119 e. The van der Waals surface area contributed by atoms with Gasteiger partial charge >= 0.3 is 0 Å². The van der Waals surface area contributed by atoms with Crippen LogP contribution in [0.5, 0.6) is 11.5 Å². The molecule has 4 aromatic rings. The van der Waals surface area contributed by atoms with E-state index in [0.717, 1.165) is 24.7 Å². The highest BCUT2D eigenvalue weighted by Gasteiger charge is 2.32. The highest BCUT2D eigenvalue weighted by atomic mass is 16.5. The Balaban J connectivity index is 1.30. The number of hydrogen-bond acceptors (Lipinski definition) is 3. The Hall–Kier alpha value is -3.30. The van der Waals surface area contributed by atoms with Crippen molar-refractivity contribution in [1.29, 1.82) is 0 Å². The summed E-state index contributed by atoms with van der Waals surface area (Å²) < 4.78 is 11.8. The quantitative estimate of drug-likeness (QED) is 0.264. The van der Waals surface area contributed by atoms with Crippen LogP contribution in [0.25, 0.3) is 21.9 Å². The molecule has 1 fully saturated rings. The van der Waals surface area contributed by atoms with E-state index in [4.69, 9.17) is 9.47 Å². The van der Waals surface area contributed by atoms with Crippen LogP contribution in [0.3, 0.4) is 0 Å². The van der Waals surface area contributed by atoms with Crippen LogP contribution in [0.15, 0.2) is 78.9 Å². The number of fused-ring (bicyclic) bond motifs is 5. The van der Waals surface area contributed by atoms with Crippen LogP contribution in [0.1, 0.15) is 48.3 Å². The van der Waals surface area contributed by atoms with E-state index in [2.05, 4.69) is 83.8 Å². The maximum absolute atomic E-state index is 6.15.